The predicted molar refractivity (Wildman–Crippen MR) is 63.2 cm³/mol. The van der Waals surface area contributed by atoms with Gasteiger partial charge in [0.2, 0.25) is 0 Å². The number of carbonyl (C=O) groups is 1. The van der Waals surface area contributed by atoms with E-state index in [1.165, 1.54) is 0 Å². The summed E-state index contributed by atoms with van der Waals surface area (Å²) < 4.78 is 5.71. The summed E-state index contributed by atoms with van der Waals surface area (Å²) in [6, 6.07) is 6.67. The highest BCUT2D eigenvalue weighted by atomic mass is 16.5. The predicted octanol–water partition coefficient (Wildman–Crippen LogP) is -0.348. The minimum absolute atomic E-state index is 0.0256. The number of hydrogen-bond acceptors (Lipinski definition) is 4. The minimum atomic E-state index is -0.787. The molecule has 2 rings (SSSR count). The third kappa shape index (κ3) is 1.64. The summed E-state index contributed by atoms with van der Waals surface area (Å²) in [5.74, 6) is 3.33. The first-order valence-corrected chi connectivity index (χ1v) is 5.31. The molecule has 18 heavy (non-hydrogen) atoms. The number of carbonyl (C=O) groups excluding carboxylic acids is 3. The van der Waals surface area contributed by atoms with Crippen molar-refractivity contribution < 1.29 is 19.1 Å². The highest BCUT2D eigenvalue weighted by Crippen LogP contribution is 2.04. The van der Waals surface area contributed by atoms with Crippen LogP contribution in [-0.2, 0) is 14.3 Å². The lowest BCUT2D eigenvalue weighted by Gasteiger charge is -2.00. The number of ether oxygens (including phenoxy) is 1. The molecule has 2 aromatic rings. The van der Waals surface area contributed by atoms with E-state index in [1.54, 1.807) is 43.1 Å². The Morgan fingerprint density at radius 3 is 2.06 bits per heavy atom. The van der Waals surface area contributed by atoms with Crippen molar-refractivity contribution in [2.75, 3.05) is 6.61 Å². The molecule has 0 aliphatic heterocycles. The first-order valence-electron chi connectivity index (χ1n) is 5.31. The molecule has 0 aliphatic rings. The second-order valence-corrected chi connectivity index (χ2v) is 3.48. The van der Waals surface area contributed by atoms with Crippen LogP contribution in [0.1, 0.15) is 6.92 Å². The molecule has 1 heterocycles. The van der Waals surface area contributed by atoms with Gasteiger partial charge in [0.1, 0.15) is 10.7 Å². The van der Waals surface area contributed by atoms with Gasteiger partial charge in [0.25, 0.3) is 0 Å². The van der Waals surface area contributed by atoms with Gasteiger partial charge in [0.15, 0.2) is 11.9 Å². The van der Waals surface area contributed by atoms with Crippen molar-refractivity contribution in [2.45, 2.75) is 6.92 Å². The zero-order valence-corrected chi connectivity index (χ0v) is 9.60. The van der Waals surface area contributed by atoms with E-state index in [9.17, 15) is 14.4 Å². The van der Waals surface area contributed by atoms with Crippen LogP contribution in [0.5, 0.6) is 0 Å². The van der Waals surface area contributed by atoms with Gasteiger partial charge in [-0.1, -0.05) is 24.3 Å². The summed E-state index contributed by atoms with van der Waals surface area (Å²) in [6.07, 6.45) is -0.787. The average molecular weight is 243 g/mol. The molecule has 0 radical (unpaired) electrons. The van der Waals surface area contributed by atoms with Crippen LogP contribution in [0.4, 0.5) is 4.79 Å². The third-order valence-electron chi connectivity index (χ3n) is 2.53. The van der Waals surface area contributed by atoms with E-state index in [0.29, 0.717) is 10.8 Å². The molecule has 0 saturated heterocycles. The number of benzene rings is 1. The van der Waals surface area contributed by atoms with Gasteiger partial charge in [-0.05, 0) is 6.92 Å². The van der Waals surface area contributed by atoms with Gasteiger partial charge in [0.05, 0.1) is 6.61 Å². The first-order chi connectivity index (χ1) is 8.74. The maximum Gasteiger partial charge on any atom is 0.420 e. The van der Waals surface area contributed by atoms with Gasteiger partial charge >= 0.3 is 6.09 Å². The lowest BCUT2D eigenvalue weighted by Crippen LogP contribution is -2.35. The average Bonchev–Trinajstić information content (AvgIpc) is 2.72. The highest BCUT2D eigenvalue weighted by Gasteiger charge is 2.15. The summed E-state index contributed by atoms with van der Waals surface area (Å²) >= 11 is 0. The lowest BCUT2D eigenvalue weighted by atomic mass is 10.2. The van der Waals surface area contributed by atoms with Gasteiger partial charge < -0.3 is 4.74 Å². The van der Waals surface area contributed by atoms with E-state index in [1.807, 2.05) is 0 Å². The Morgan fingerprint density at radius 2 is 1.67 bits per heavy atom. The highest BCUT2D eigenvalue weighted by molar-refractivity contribution is 5.92. The number of nitrogens with zero attached hydrogens (tertiary/aromatic N) is 1. The SMILES string of the molecule is CCOC(=O)n1c(=C=O)c2ccccc2c1=C=O. The smallest absolute Gasteiger partial charge is 0.420 e. The molecule has 90 valence electrons. The normalized spacial score (nSPS) is 9.83. The van der Waals surface area contributed by atoms with Gasteiger partial charge in [-0.25, -0.2) is 19.0 Å². The minimum Gasteiger partial charge on any atom is -0.449 e. The van der Waals surface area contributed by atoms with Crippen molar-refractivity contribution in [3.63, 3.8) is 0 Å². The molecule has 0 spiro atoms. The molecule has 0 unspecified atom stereocenters. The van der Waals surface area contributed by atoms with Crippen molar-refractivity contribution in [3.8, 4) is 0 Å². The number of fused-ring (bicyclic) bond motifs is 1. The van der Waals surface area contributed by atoms with E-state index in [-0.39, 0.29) is 17.3 Å². The van der Waals surface area contributed by atoms with Crippen LogP contribution in [-0.4, -0.2) is 29.1 Å². The van der Waals surface area contributed by atoms with Crippen LogP contribution >= 0.6 is 0 Å². The van der Waals surface area contributed by atoms with Gasteiger partial charge in [-0.2, -0.15) is 0 Å². The molecule has 0 bridgehead atoms. The summed E-state index contributed by atoms with van der Waals surface area (Å²) in [4.78, 5) is 33.7. The number of hydrogen-bond donors (Lipinski definition) is 0. The van der Waals surface area contributed by atoms with Crippen LogP contribution in [0.25, 0.3) is 10.8 Å². The van der Waals surface area contributed by atoms with Crippen LogP contribution in [0.3, 0.4) is 0 Å². The van der Waals surface area contributed by atoms with E-state index < -0.39 is 6.09 Å². The monoisotopic (exact) mass is 243 g/mol. The first kappa shape index (κ1) is 11.9. The zero-order chi connectivity index (χ0) is 13.1. The Labute approximate surface area is 102 Å². The van der Waals surface area contributed by atoms with Crippen molar-refractivity contribution in [1.82, 2.24) is 4.57 Å². The number of rotatable bonds is 1. The molecule has 1 aromatic carbocycles. The van der Waals surface area contributed by atoms with E-state index in [4.69, 9.17) is 4.74 Å². The molecule has 0 amide bonds. The van der Waals surface area contributed by atoms with E-state index >= 15 is 0 Å². The molecule has 5 nitrogen and oxygen atoms in total. The topological polar surface area (TPSA) is 65.4 Å². The van der Waals surface area contributed by atoms with Crippen LogP contribution in [0, 0.1) is 0 Å². The fourth-order valence-corrected chi connectivity index (χ4v) is 1.82. The van der Waals surface area contributed by atoms with Crippen molar-refractivity contribution in [3.05, 3.63) is 35.0 Å². The zero-order valence-electron chi connectivity index (χ0n) is 9.60. The third-order valence-corrected chi connectivity index (χ3v) is 2.53. The Balaban J connectivity index is 3.02. The second kappa shape index (κ2) is 4.72. The maximum atomic E-state index is 11.8. The summed E-state index contributed by atoms with van der Waals surface area (Å²) in [5, 5.41) is 0.891. The molecule has 0 fully saturated rings. The summed E-state index contributed by atoms with van der Waals surface area (Å²) in [7, 11) is 0. The summed E-state index contributed by atoms with van der Waals surface area (Å²) in [6.45, 7) is 1.78. The Hall–Kier alpha value is -2.61. The Bertz CT molecular complexity index is 720. The van der Waals surface area contributed by atoms with Gasteiger partial charge in [-0.15, -0.1) is 0 Å². The van der Waals surface area contributed by atoms with Crippen LogP contribution in [0.15, 0.2) is 24.3 Å². The molecular formula is C13H9NO4. The second-order valence-electron chi connectivity index (χ2n) is 3.48. The fraction of sp³-hybridized carbons (Fsp3) is 0.154. The summed E-state index contributed by atoms with van der Waals surface area (Å²) in [5.41, 5.74) is 0. The van der Waals surface area contributed by atoms with Crippen LogP contribution < -0.4 is 10.7 Å². The Kier molecular flexibility index (Phi) is 3.11. The molecule has 5 heteroatoms. The maximum absolute atomic E-state index is 11.8. The lowest BCUT2D eigenvalue weighted by molar-refractivity contribution is 0.152. The van der Waals surface area contributed by atoms with E-state index in [0.717, 1.165) is 4.57 Å². The fourth-order valence-electron chi connectivity index (χ4n) is 1.82. The standard InChI is InChI=1S/C13H9NO4/c1-2-18-13(17)14-11(7-15)9-5-3-4-6-10(9)12(14)8-16/h3-6H,2H2,1H3. The number of aromatic nitrogens is 1. The van der Waals surface area contributed by atoms with Crippen LogP contribution in [0.2, 0.25) is 0 Å². The quantitative estimate of drug-likeness (QED) is 0.687. The van der Waals surface area contributed by atoms with Crippen molar-refractivity contribution >= 4 is 28.7 Å². The molecule has 0 atom stereocenters. The largest absolute Gasteiger partial charge is 0.449 e. The van der Waals surface area contributed by atoms with Crippen molar-refractivity contribution in [1.29, 1.82) is 0 Å². The molecule has 0 aliphatic carbocycles. The molecular weight excluding hydrogens is 234 g/mol. The van der Waals surface area contributed by atoms with Crippen molar-refractivity contribution in [2.24, 2.45) is 0 Å². The van der Waals surface area contributed by atoms with Gasteiger partial charge in [0, 0.05) is 10.8 Å². The molecule has 1 aromatic heterocycles. The van der Waals surface area contributed by atoms with E-state index in [2.05, 4.69) is 0 Å². The molecule has 0 N–H and O–H groups in total. The van der Waals surface area contributed by atoms with Gasteiger partial charge in [-0.3, -0.25) is 0 Å². The Morgan fingerprint density at radius 1 is 1.17 bits per heavy atom. The molecule has 0 saturated carbocycles.